The molecule has 0 aliphatic carbocycles. The molecular formula is C28H32ClN5O5S2. The summed E-state index contributed by atoms with van der Waals surface area (Å²) in [6, 6.07) is 18.4. The van der Waals surface area contributed by atoms with Gasteiger partial charge in [0.1, 0.15) is 11.5 Å². The van der Waals surface area contributed by atoms with Crippen LogP contribution in [-0.4, -0.2) is 77.7 Å². The number of carbonyl (C=O) groups is 1. The molecule has 2 heterocycles. The average molecular weight is 618 g/mol. The first kappa shape index (κ1) is 30.4. The summed E-state index contributed by atoms with van der Waals surface area (Å²) < 4.78 is 39.3. The van der Waals surface area contributed by atoms with E-state index in [1.807, 2.05) is 18.2 Å². The number of rotatable bonds is 10. The Labute approximate surface area is 249 Å². The van der Waals surface area contributed by atoms with E-state index in [1.54, 1.807) is 54.8 Å². The van der Waals surface area contributed by atoms with E-state index in [0.29, 0.717) is 23.5 Å². The molecule has 1 aliphatic heterocycles. The van der Waals surface area contributed by atoms with Crippen molar-refractivity contribution in [2.75, 3.05) is 63.1 Å². The van der Waals surface area contributed by atoms with Gasteiger partial charge < -0.3 is 19.7 Å². The summed E-state index contributed by atoms with van der Waals surface area (Å²) in [7, 11) is -0.569. The zero-order valence-corrected chi connectivity index (χ0v) is 25.2. The van der Waals surface area contributed by atoms with E-state index in [9.17, 15) is 13.2 Å². The number of anilines is 2. The molecule has 0 radical (unpaired) electrons. The Bertz CT molecular complexity index is 1570. The maximum Gasteiger partial charge on any atom is 0.261 e. The first-order valence-electron chi connectivity index (χ1n) is 12.8. The number of amides is 1. The van der Waals surface area contributed by atoms with Crippen LogP contribution in [0.2, 0.25) is 0 Å². The summed E-state index contributed by atoms with van der Waals surface area (Å²) in [5.74, 6) is 1.20. The predicted molar refractivity (Wildman–Crippen MR) is 165 cm³/mol. The molecule has 41 heavy (non-hydrogen) atoms. The summed E-state index contributed by atoms with van der Waals surface area (Å²) in [5, 5.41) is 3.97. The summed E-state index contributed by atoms with van der Waals surface area (Å²) in [6.45, 7) is 4.79. The SMILES string of the molecule is COc1ccc(S(=O)(=O)Nc2ccc(C(=O)NCCN3CCN(c4nc5ccc(OC)cc5s4)CC3)cc2)cc1.Cl. The number of hydrogen-bond donors (Lipinski definition) is 2. The van der Waals surface area contributed by atoms with Crippen molar-refractivity contribution in [1.29, 1.82) is 0 Å². The number of ether oxygens (including phenoxy) is 2. The minimum atomic E-state index is -3.75. The number of hydrogen-bond acceptors (Lipinski definition) is 9. The number of piperazine rings is 1. The van der Waals surface area contributed by atoms with Gasteiger partial charge in [0.25, 0.3) is 15.9 Å². The molecule has 4 aromatic rings. The molecule has 0 unspecified atom stereocenters. The fourth-order valence-corrected chi connectivity index (χ4v) is 6.51. The lowest BCUT2D eigenvalue weighted by atomic mass is 10.2. The van der Waals surface area contributed by atoms with Crippen LogP contribution in [0.3, 0.4) is 0 Å². The summed E-state index contributed by atoms with van der Waals surface area (Å²) >= 11 is 1.67. The molecule has 3 aromatic carbocycles. The number of aromatic nitrogens is 1. The molecular weight excluding hydrogens is 586 g/mol. The standard InChI is InChI=1S/C28H31N5O5S2.ClH/c1-37-22-7-10-24(11-8-22)40(35,36)31-21-5-3-20(4-6-21)27(34)29-13-14-32-15-17-33(18-16-32)28-30-25-12-9-23(38-2)19-26(25)39-28;/h3-12,19,31H,13-18H2,1-2H3,(H,29,34);1H. The zero-order chi connectivity index (χ0) is 28.1. The van der Waals surface area contributed by atoms with Crippen LogP contribution in [0.1, 0.15) is 10.4 Å². The average Bonchev–Trinajstić information content (AvgIpc) is 3.41. The second-order valence-electron chi connectivity index (χ2n) is 9.27. The highest BCUT2D eigenvalue weighted by molar-refractivity contribution is 7.92. The maximum absolute atomic E-state index is 12.6. The van der Waals surface area contributed by atoms with Crippen LogP contribution >= 0.6 is 23.7 Å². The van der Waals surface area contributed by atoms with E-state index < -0.39 is 10.0 Å². The van der Waals surface area contributed by atoms with Crippen molar-refractivity contribution in [3.8, 4) is 11.5 Å². The first-order chi connectivity index (χ1) is 19.3. The molecule has 0 atom stereocenters. The zero-order valence-electron chi connectivity index (χ0n) is 22.7. The van der Waals surface area contributed by atoms with Gasteiger partial charge >= 0.3 is 0 Å². The van der Waals surface area contributed by atoms with Gasteiger partial charge in [-0.15, -0.1) is 12.4 Å². The Morgan fingerprint density at radius 2 is 1.59 bits per heavy atom. The molecule has 1 aromatic heterocycles. The van der Waals surface area contributed by atoms with E-state index in [-0.39, 0.29) is 23.2 Å². The van der Waals surface area contributed by atoms with E-state index >= 15 is 0 Å². The van der Waals surface area contributed by atoms with Crippen molar-refractivity contribution >= 4 is 60.7 Å². The van der Waals surface area contributed by atoms with Gasteiger partial charge in [-0.25, -0.2) is 13.4 Å². The number of fused-ring (bicyclic) bond motifs is 1. The van der Waals surface area contributed by atoms with E-state index in [2.05, 4.69) is 19.8 Å². The Morgan fingerprint density at radius 3 is 2.24 bits per heavy atom. The van der Waals surface area contributed by atoms with Crippen LogP contribution in [-0.2, 0) is 10.0 Å². The third-order valence-corrected chi connectivity index (χ3v) is 9.19. The van der Waals surface area contributed by atoms with Crippen LogP contribution in [0.25, 0.3) is 10.2 Å². The van der Waals surface area contributed by atoms with Crippen molar-refractivity contribution in [2.45, 2.75) is 4.90 Å². The van der Waals surface area contributed by atoms with Gasteiger partial charge in [0, 0.05) is 50.5 Å². The van der Waals surface area contributed by atoms with Gasteiger partial charge in [-0.3, -0.25) is 14.4 Å². The molecule has 1 fully saturated rings. The van der Waals surface area contributed by atoms with Crippen LogP contribution in [0.15, 0.2) is 71.6 Å². The van der Waals surface area contributed by atoms with Crippen LogP contribution in [0, 0.1) is 0 Å². The highest BCUT2D eigenvalue weighted by Crippen LogP contribution is 2.31. The molecule has 0 saturated carbocycles. The summed E-state index contributed by atoms with van der Waals surface area (Å²) in [6.07, 6.45) is 0. The number of benzene rings is 3. The Balaban J connectivity index is 0.00000387. The van der Waals surface area contributed by atoms with Crippen molar-refractivity contribution in [3.05, 3.63) is 72.3 Å². The van der Waals surface area contributed by atoms with Crippen molar-refractivity contribution in [1.82, 2.24) is 15.2 Å². The number of nitrogens with zero attached hydrogens (tertiary/aromatic N) is 3. The fraction of sp³-hybridized carbons (Fsp3) is 0.286. The summed E-state index contributed by atoms with van der Waals surface area (Å²) in [5.41, 5.74) is 1.82. The third-order valence-electron chi connectivity index (χ3n) is 6.71. The first-order valence-corrected chi connectivity index (χ1v) is 15.1. The highest BCUT2D eigenvalue weighted by Gasteiger charge is 2.20. The lowest BCUT2D eigenvalue weighted by Gasteiger charge is -2.34. The molecule has 1 saturated heterocycles. The smallest absolute Gasteiger partial charge is 0.261 e. The highest BCUT2D eigenvalue weighted by atomic mass is 35.5. The van der Waals surface area contributed by atoms with Crippen molar-refractivity contribution < 1.29 is 22.7 Å². The minimum Gasteiger partial charge on any atom is -0.497 e. The van der Waals surface area contributed by atoms with Gasteiger partial charge in [-0.2, -0.15) is 0 Å². The largest absolute Gasteiger partial charge is 0.497 e. The normalized spacial score (nSPS) is 13.9. The number of sulfonamides is 1. The van der Waals surface area contributed by atoms with Gasteiger partial charge in [0.2, 0.25) is 0 Å². The monoisotopic (exact) mass is 617 g/mol. The van der Waals surface area contributed by atoms with Crippen LogP contribution in [0.5, 0.6) is 11.5 Å². The fourth-order valence-electron chi connectivity index (χ4n) is 4.41. The topological polar surface area (TPSA) is 113 Å². The predicted octanol–water partition coefficient (Wildman–Crippen LogP) is 4.09. The lowest BCUT2D eigenvalue weighted by Crippen LogP contribution is -2.48. The molecule has 1 amide bonds. The third kappa shape index (κ3) is 7.39. The van der Waals surface area contributed by atoms with E-state index in [4.69, 9.17) is 14.5 Å². The second-order valence-corrected chi connectivity index (χ2v) is 12.0. The molecule has 1 aliphatic rings. The molecule has 10 nitrogen and oxygen atoms in total. The Kier molecular flexibility index (Phi) is 9.92. The minimum absolute atomic E-state index is 0. The van der Waals surface area contributed by atoms with Crippen molar-refractivity contribution in [3.63, 3.8) is 0 Å². The van der Waals surface area contributed by atoms with Crippen LogP contribution in [0.4, 0.5) is 10.8 Å². The molecule has 0 spiro atoms. The Morgan fingerprint density at radius 1 is 0.927 bits per heavy atom. The molecule has 218 valence electrons. The van der Waals surface area contributed by atoms with Gasteiger partial charge in [-0.05, 0) is 66.7 Å². The molecule has 2 N–H and O–H groups in total. The Hall–Kier alpha value is -3.58. The number of halogens is 1. The number of methoxy groups -OCH3 is 2. The maximum atomic E-state index is 12.6. The number of nitrogens with one attached hydrogen (secondary N) is 2. The molecule has 0 bridgehead atoms. The van der Waals surface area contributed by atoms with Crippen LogP contribution < -0.4 is 24.4 Å². The molecule has 13 heteroatoms. The quantitative estimate of drug-likeness (QED) is 0.274. The van der Waals surface area contributed by atoms with Gasteiger partial charge in [0.15, 0.2) is 5.13 Å². The molecule has 5 rings (SSSR count). The van der Waals surface area contributed by atoms with Gasteiger partial charge in [-0.1, -0.05) is 11.3 Å². The summed E-state index contributed by atoms with van der Waals surface area (Å²) in [4.78, 5) is 22.2. The van der Waals surface area contributed by atoms with E-state index in [0.717, 1.165) is 53.8 Å². The lowest BCUT2D eigenvalue weighted by molar-refractivity contribution is 0.0948. The number of thiazole rings is 1. The van der Waals surface area contributed by atoms with E-state index in [1.165, 1.54) is 19.2 Å². The number of carbonyl (C=O) groups excluding carboxylic acids is 1. The second kappa shape index (κ2) is 13.4. The van der Waals surface area contributed by atoms with Crippen molar-refractivity contribution in [2.24, 2.45) is 0 Å². The van der Waals surface area contributed by atoms with Gasteiger partial charge in [0.05, 0.1) is 29.3 Å².